The summed E-state index contributed by atoms with van der Waals surface area (Å²) >= 11 is 0. The van der Waals surface area contributed by atoms with Gasteiger partial charge in [0.2, 0.25) is 5.91 Å². The van der Waals surface area contributed by atoms with Gasteiger partial charge in [-0.05, 0) is 50.7 Å². The predicted octanol–water partition coefficient (Wildman–Crippen LogP) is 3.61. The number of rotatable bonds is 4. The van der Waals surface area contributed by atoms with Crippen LogP contribution < -0.4 is 0 Å². The van der Waals surface area contributed by atoms with Gasteiger partial charge in [0.05, 0.1) is 11.5 Å². The molecule has 1 unspecified atom stereocenters. The fourth-order valence-corrected chi connectivity index (χ4v) is 3.97. The van der Waals surface area contributed by atoms with Gasteiger partial charge < -0.3 is 10.0 Å². The standard InChI is InChI=1S/C19H25NO3/c1-13-6-7-14(2)15(11-13)16-5-3-10-20(16)17(21)12-19(18(22)23)8-4-9-19/h6-7,11,16H,3-5,8-10,12H2,1-2H3,(H,22,23). The van der Waals surface area contributed by atoms with Gasteiger partial charge in [-0.3, -0.25) is 9.59 Å². The van der Waals surface area contributed by atoms with E-state index < -0.39 is 11.4 Å². The van der Waals surface area contributed by atoms with E-state index >= 15 is 0 Å². The van der Waals surface area contributed by atoms with Crippen molar-refractivity contribution < 1.29 is 14.7 Å². The van der Waals surface area contributed by atoms with Gasteiger partial charge in [-0.25, -0.2) is 0 Å². The van der Waals surface area contributed by atoms with Gasteiger partial charge in [0.15, 0.2) is 0 Å². The van der Waals surface area contributed by atoms with Crippen LogP contribution in [0, 0.1) is 19.3 Å². The lowest BCUT2D eigenvalue weighted by Gasteiger charge is -2.39. The van der Waals surface area contributed by atoms with Crippen molar-refractivity contribution in [1.82, 2.24) is 4.90 Å². The highest BCUT2D eigenvalue weighted by atomic mass is 16.4. The molecular weight excluding hydrogens is 290 g/mol. The Kier molecular flexibility index (Phi) is 4.17. The topological polar surface area (TPSA) is 57.6 Å². The maximum atomic E-state index is 12.8. The summed E-state index contributed by atoms with van der Waals surface area (Å²) in [6, 6.07) is 6.47. The Labute approximate surface area is 137 Å². The van der Waals surface area contributed by atoms with Gasteiger partial charge in [0.25, 0.3) is 0 Å². The SMILES string of the molecule is Cc1ccc(C)c(C2CCCN2C(=O)CC2(C(=O)O)CCC2)c1. The van der Waals surface area contributed by atoms with Crippen molar-refractivity contribution in [1.29, 1.82) is 0 Å². The summed E-state index contributed by atoms with van der Waals surface area (Å²) in [6.45, 7) is 4.89. The maximum absolute atomic E-state index is 12.8. The number of carbonyl (C=O) groups excluding carboxylic acids is 1. The van der Waals surface area contributed by atoms with Crippen LogP contribution >= 0.6 is 0 Å². The highest BCUT2D eigenvalue weighted by molar-refractivity contribution is 5.86. The molecule has 3 rings (SSSR count). The molecule has 124 valence electrons. The van der Waals surface area contributed by atoms with Crippen molar-refractivity contribution in [2.75, 3.05) is 6.54 Å². The summed E-state index contributed by atoms with van der Waals surface area (Å²) in [5.41, 5.74) is 2.82. The van der Waals surface area contributed by atoms with Gasteiger partial charge in [-0.15, -0.1) is 0 Å². The number of carbonyl (C=O) groups is 2. The number of amides is 1. The third kappa shape index (κ3) is 2.87. The van der Waals surface area contributed by atoms with Crippen LogP contribution in [0.1, 0.15) is 61.3 Å². The number of carboxylic acids is 1. The number of aryl methyl sites for hydroxylation is 2. The third-order valence-corrected chi connectivity index (χ3v) is 5.62. The number of likely N-dealkylation sites (tertiary alicyclic amines) is 1. The molecule has 4 heteroatoms. The number of carboxylic acid groups (broad SMARTS) is 1. The molecule has 1 aromatic rings. The number of benzene rings is 1. The fourth-order valence-electron chi connectivity index (χ4n) is 3.97. The van der Waals surface area contributed by atoms with Crippen molar-refractivity contribution in [3.8, 4) is 0 Å². The molecule has 1 amide bonds. The molecule has 1 N–H and O–H groups in total. The van der Waals surface area contributed by atoms with E-state index in [4.69, 9.17) is 0 Å². The van der Waals surface area contributed by atoms with Gasteiger partial charge in [-0.1, -0.05) is 30.2 Å². The summed E-state index contributed by atoms with van der Waals surface area (Å²) in [6.07, 6.45) is 4.30. The Morgan fingerprint density at radius 3 is 2.61 bits per heavy atom. The van der Waals surface area contributed by atoms with Crippen LogP contribution in [-0.2, 0) is 9.59 Å². The number of hydrogen-bond donors (Lipinski definition) is 1. The van der Waals surface area contributed by atoms with Crippen molar-refractivity contribution >= 4 is 11.9 Å². The minimum atomic E-state index is -0.806. The van der Waals surface area contributed by atoms with E-state index in [0.29, 0.717) is 12.8 Å². The Bertz CT molecular complexity index is 634. The summed E-state index contributed by atoms with van der Waals surface area (Å²) in [5, 5.41) is 9.47. The summed E-state index contributed by atoms with van der Waals surface area (Å²) in [5.74, 6) is -0.796. The van der Waals surface area contributed by atoms with Crippen LogP contribution in [0.25, 0.3) is 0 Å². The molecule has 0 radical (unpaired) electrons. The average molecular weight is 315 g/mol. The lowest BCUT2D eigenvalue weighted by atomic mass is 9.66. The van der Waals surface area contributed by atoms with E-state index in [2.05, 4.69) is 32.0 Å². The second kappa shape index (κ2) is 5.99. The third-order valence-electron chi connectivity index (χ3n) is 5.62. The molecule has 0 bridgehead atoms. The monoisotopic (exact) mass is 315 g/mol. The largest absolute Gasteiger partial charge is 0.481 e. The van der Waals surface area contributed by atoms with Crippen molar-refractivity contribution in [3.63, 3.8) is 0 Å². The normalized spacial score (nSPS) is 22.7. The van der Waals surface area contributed by atoms with Crippen LogP contribution in [0.15, 0.2) is 18.2 Å². The Hall–Kier alpha value is -1.84. The molecule has 0 aromatic heterocycles. The zero-order valence-corrected chi connectivity index (χ0v) is 14.0. The molecule has 1 saturated carbocycles. The van der Waals surface area contributed by atoms with Gasteiger partial charge >= 0.3 is 5.97 Å². The number of hydrogen-bond acceptors (Lipinski definition) is 2. The van der Waals surface area contributed by atoms with E-state index in [1.807, 2.05) is 4.90 Å². The highest BCUT2D eigenvalue weighted by Gasteiger charge is 2.47. The van der Waals surface area contributed by atoms with E-state index in [1.54, 1.807) is 0 Å². The summed E-state index contributed by atoms with van der Waals surface area (Å²) in [4.78, 5) is 26.3. The molecule has 1 aliphatic heterocycles. The first-order valence-corrected chi connectivity index (χ1v) is 8.53. The first-order valence-electron chi connectivity index (χ1n) is 8.53. The maximum Gasteiger partial charge on any atom is 0.310 e. The van der Waals surface area contributed by atoms with E-state index in [9.17, 15) is 14.7 Å². The minimum absolute atomic E-state index is 0.00973. The number of nitrogens with zero attached hydrogens (tertiary/aromatic N) is 1. The molecule has 2 aliphatic rings. The van der Waals surface area contributed by atoms with Crippen LogP contribution in [0.2, 0.25) is 0 Å². The van der Waals surface area contributed by atoms with Crippen LogP contribution in [0.5, 0.6) is 0 Å². The van der Waals surface area contributed by atoms with Crippen LogP contribution in [0.3, 0.4) is 0 Å². The molecule has 23 heavy (non-hydrogen) atoms. The second-order valence-electron chi connectivity index (χ2n) is 7.22. The lowest BCUT2D eigenvalue weighted by Crippen LogP contribution is -2.43. The Balaban J connectivity index is 1.80. The molecule has 1 heterocycles. The van der Waals surface area contributed by atoms with E-state index in [1.165, 1.54) is 16.7 Å². The average Bonchev–Trinajstić information content (AvgIpc) is 2.94. The van der Waals surface area contributed by atoms with Gasteiger partial charge in [0, 0.05) is 13.0 Å². The predicted molar refractivity (Wildman–Crippen MR) is 88.1 cm³/mol. The molecule has 4 nitrogen and oxygen atoms in total. The van der Waals surface area contributed by atoms with Crippen molar-refractivity contribution in [2.45, 2.75) is 58.4 Å². The molecule has 0 spiro atoms. The molecule has 2 fully saturated rings. The van der Waals surface area contributed by atoms with Crippen LogP contribution in [-0.4, -0.2) is 28.4 Å². The minimum Gasteiger partial charge on any atom is -0.481 e. The molecule has 1 aromatic carbocycles. The van der Waals surface area contributed by atoms with Crippen molar-refractivity contribution in [3.05, 3.63) is 34.9 Å². The van der Waals surface area contributed by atoms with E-state index in [-0.39, 0.29) is 18.4 Å². The van der Waals surface area contributed by atoms with Gasteiger partial charge in [-0.2, -0.15) is 0 Å². The van der Waals surface area contributed by atoms with Crippen LogP contribution in [0.4, 0.5) is 0 Å². The fraction of sp³-hybridized carbons (Fsp3) is 0.579. The second-order valence-corrected chi connectivity index (χ2v) is 7.22. The zero-order chi connectivity index (χ0) is 16.6. The summed E-state index contributed by atoms with van der Waals surface area (Å²) < 4.78 is 0. The van der Waals surface area contributed by atoms with Gasteiger partial charge in [0.1, 0.15) is 0 Å². The first kappa shape index (κ1) is 16.0. The Morgan fingerprint density at radius 1 is 1.26 bits per heavy atom. The molecule has 1 aliphatic carbocycles. The first-order chi connectivity index (χ1) is 10.9. The highest BCUT2D eigenvalue weighted by Crippen LogP contribution is 2.46. The van der Waals surface area contributed by atoms with E-state index in [0.717, 1.165) is 25.8 Å². The van der Waals surface area contributed by atoms with Crippen molar-refractivity contribution in [2.24, 2.45) is 5.41 Å². The quantitative estimate of drug-likeness (QED) is 0.923. The molecule has 1 saturated heterocycles. The Morgan fingerprint density at radius 2 is 2.00 bits per heavy atom. The number of aliphatic carboxylic acids is 1. The molecular formula is C19H25NO3. The molecule has 1 atom stereocenters. The smallest absolute Gasteiger partial charge is 0.310 e. The zero-order valence-electron chi connectivity index (χ0n) is 14.0. The lowest BCUT2D eigenvalue weighted by molar-refractivity contribution is -0.159. The summed E-state index contributed by atoms with van der Waals surface area (Å²) in [7, 11) is 0.